The highest BCUT2D eigenvalue weighted by molar-refractivity contribution is 5.74. The molecule has 1 saturated heterocycles. The fourth-order valence-corrected chi connectivity index (χ4v) is 3.74. The number of aromatic nitrogens is 2. The quantitative estimate of drug-likeness (QED) is 0.551. The lowest BCUT2D eigenvalue weighted by molar-refractivity contribution is 0.122. The Bertz CT molecular complexity index is 946. The van der Waals surface area contributed by atoms with Crippen LogP contribution in [0.2, 0.25) is 0 Å². The van der Waals surface area contributed by atoms with Crippen LogP contribution < -0.4 is 5.32 Å². The minimum absolute atomic E-state index is 0.0977. The van der Waals surface area contributed by atoms with Gasteiger partial charge in [-0.2, -0.15) is 4.98 Å². The summed E-state index contributed by atoms with van der Waals surface area (Å²) in [5.74, 6) is 1.12. The third kappa shape index (κ3) is 5.92. The summed E-state index contributed by atoms with van der Waals surface area (Å²) in [7, 11) is 0. The van der Waals surface area contributed by atoms with Crippen LogP contribution in [0.3, 0.4) is 0 Å². The van der Waals surface area contributed by atoms with Crippen molar-refractivity contribution in [3.63, 3.8) is 0 Å². The van der Waals surface area contributed by atoms with Crippen LogP contribution in [0.1, 0.15) is 48.1 Å². The standard InChI is InChI=1S/C24H28N4O3/c29-24(25-17-19-9-3-1-4-10-19)28-15-8-7-13-21(28)23-26-22(27-31-23)14-16-30-18-20-11-5-2-6-12-20/h1-6,9-12,21H,7-8,13-18H2,(H,25,29). The van der Waals surface area contributed by atoms with Gasteiger partial charge in [-0.25, -0.2) is 4.79 Å². The molecule has 1 fully saturated rings. The topological polar surface area (TPSA) is 80.5 Å². The first-order valence-electron chi connectivity index (χ1n) is 10.8. The lowest BCUT2D eigenvalue weighted by atomic mass is 10.0. The summed E-state index contributed by atoms with van der Waals surface area (Å²) in [6.45, 7) is 2.25. The molecular formula is C24H28N4O3. The van der Waals surface area contributed by atoms with Crippen molar-refractivity contribution >= 4 is 6.03 Å². The van der Waals surface area contributed by atoms with Crippen LogP contribution in [0.5, 0.6) is 0 Å². The van der Waals surface area contributed by atoms with Crippen LogP contribution in [0.25, 0.3) is 0 Å². The molecule has 1 aliphatic heterocycles. The number of amides is 2. The van der Waals surface area contributed by atoms with Crippen molar-refractivity contribution < 1.29 is 14.1 Å². The molecule has 2 aromatic carbocycles. The van der Waals surface area contributed by atoms with Gasteiger partial charge in [-0.15, -0.1) is 0 Å². The Morgan fingerprint density at radius 1 is 1.06 bits per heavy atom. The summed E-state index contributed by atoms with van der Waals surface area (Å²) in [6.07, 6.45) is 3.41. The van der Waals surface area contributed by atoms with E-state index in [2.05, 4.69) is 15.5 Å². The number of hydrogen-bond donors (Lipinski definition) is 1. The third-order valence-corrected chi connectivity index (χ3v) is 5.40. The maximum atomic E-state index is 12.8. The second kappa shape index (κ2) is 10.7. The molecule has 162 valence electrons. The van der Waals surface area contributed by atoms with Gasteiger partial charge in [-0.05, 0) is 30.4 Å². The highest BCUT2D eigenvalue weighted by Crippen LogP contribution is 2.30. The molecule has 1 unspecified atom stereocenters. The van der Waals surface area contributed by atoms with E-state index >= 15 is 0 Å². The molecule has 2 amide bonds. The van der Waals surface area contributed by atoms with Crippen molar-refractivity contribution in [1.82, 2.24) is 20.4 Å². The van der Waals surface area contributed by atoms with Crippen molar-refractivity contribution in [3.05, 3.63) is 83.5 Å². The number of urea groups is 1. The fourth-order valence-electron chi connectivity index (χ4n) is 3.74. The predicted molar refractivity (Wildman–Crippen MR) is 116 cm³/mol. The van der Waals surface area contributed by atoms with E-state index in [0.717, 1.165) is 30.4 Å². The molecule has 0 bridgehead atoms. The number of carbonyl (C=O) groups is 1. The molecule has 0 radical (unpaired) electrons. The number of carbonyl (C=O) groups excluding carboxylic acids is 1. The molecule has 2 heterocycles. The summed E-state index contributed by atoms with van der Waals surface area (Å²) >= 11 is 0. The van der Waals surface area contributed by atoms with Crippen LogP contribution in [0, 0.1) is 0 Å². The summed E-state index contributed by atoms with van der Waals surface area (Å²) in [4.78, 5) is 19.2. The predicted octanol–water partition coefficient (Wildman–Crippen LogP) is 4.27. The molecule has 1 aromatic heterocycles. The summed E-state index contributed by atoms with van der Waals surface area (Å²) < 4.78 is 11.2. The fraction of sp³-hybridized carbons (Fsp3) is 0.375. The normalized spacial score (nSPS) is 16.3. The lowest BCUT2D eigenvalue weighted by Crippen LogP contribution is -2.44. The minimum Gasteiger partial charge on any atom is -0.376 e. The lowest BCUT2D eigenvalue weighted by Gasteiger charge is -2.33. The van der Waals surface area contributed by atoms with Gasteiger partial charge in [0.15, 0.2) is 5.82 Å². The highest BCUT2D eigenvalue weighted by atomic mass is 16.5. The Labute approximate surface area is 182 Å². The Kier molecular flexibility index (Phi) is 7.28. The van der Waals surface area contributed by atoms with Gasteiger partial charge in [0.2, 0.25) is 5.89 Å². The van der Waals surface area contributed by atoms with E-state index in [0.29, 0.717) is 44.4 Å². The van der Waals surface area contributed by atoms with Crippen LogP contribution in [0.4, 0.5) is 4.79 Å². The average molecular weight is 421 g/mol. The minimum atomic E-state index is -0.184. The monoisotopic (exact) mass is 420 g/mol. The molecule has 0 spiro atoms. The van der Waals surface area contributed by atoms with Gasteiger partial charge in [0.25, 0.3) is 0 Å². The van der Waals surface area contributed by atoms with Crippen molar-refractivity contribution in [2.24, 2.45) is 0 Å². The SMILES string of the molecule is O=C(NCc1ccccc1)N1CCCCC1c1nc(CCOCc2ccccc2)no1. The first-order chi connectivity index (χ1) is 15.3. The number of hydrogen-bond acceptors (Lipinski definition) is 5. The zero-order valence-electron chi connectivity index (χ0n) is 17.6. The van der Waals surface area contributed by atoms with Gasteiger partial charge in [-0.1, -0.05) is 65.8 Å². The van der Waals surface area contributed by atoms with Gasteiger partial charge in [-0.3, -0.25) is 0 Å². The Balaban J connectivity index is 1.29. The number of benzene rings is 2. The smallest absolute Gasteiger partial charge is 0.318 e. The van der Waals surface area contributed by atoms with E-state index in [1.165, 1.54) is 0 Å². The van der Waals surface area contributed by atoms with Crippen molar-refractivity contribution in [2.45, 2.75) is 44.9 Å². The molecule has 3 aromatic rings. The van der Waals surface area contributed by atoms with Crippen LogP contribution >= 0.6 is 0 Å². The first-order valence-corrected chi connectivity index (χ1v) is 10.8. The van der Waals surface area contributed by atoms with E-state index in [1.807, 2.05) is 65.6 Å². The maximum Gasteiger partial charge on any atom is 0.318 e. The number of nitrogens with one attached hydrogen (secondary N) is 1. The number of nitrogens with zero attached hydrogens (tertiary/aromatic N) is 3. The van der Waals surface area contributed by atoms with E-state index in [1.54, 1.807) is 0 Å². The molecule has 1 atom stereocenters. The van der Waals surface area contributed by atoms with Crippen molar-refractivity contribution in [3.8, 4) is 0 Å². The van der Waals surface area contributed by atoms with Crippen LogP contribution in [-0.4, -0.2) is 34.2 Å². The van der Waals surface area contributed by atoms with Gasteiger partial charge >= 0.3 is 6.03 Å². The summed E-state index contributed by atoms with van der Waals surface area (Å²) in [5, 5.41) is 7.11. The number of piperidine rings is 1. The zero-order valence-corrected chi connectivity index (χ0v) is 17.6. The summed E-state index contributed by atoms with van der Waals surface area (Å²) in [5.41, 5.74) is 2.20. The second-order valence-corrected chi connectivity index (χ2v) is 7.69. The average Bonchev–Trinajstić information content (AvgIpc) is 3.30. The largest absolute Gasteiger partial charge is 0.376 e. The van der Waals surface area contributed by atoms with Gasteiger partial charge in [0.05, 0.1) is 13.2 Å². The van der Waals surface area contributed by atoms with Gasteiger partial charge in [0, 0.05) is 19.5 Å². The van der Waals surface area contributed by atoms with E-state index in [-0.39, 0.29) is 12.1 Å². The molecule has 0 saturated carbocycles. The molecule has 31 heavy (non-hydrogen) atoms. The van der Waals surface area contributed by atoms with Crippen LogP contribution in [0.15, 0.2) is 65.2 Å². The van der Waals surface area contributed by atoms with E-state index in [4.69, 9.17) is 9.26 Å². The number of ether oxygens (including phenoxy) is 1. The molecule has 0 aliphatic carbocycles. The van der Waals surface area contributed by atoms with Crippen molar-refractivity contribution in [1.29, 1.82) is 0 Å². The molecule has 1 N–H and O–H groups in total. The summed E-state index contributed by atoms with van der Waals surface area (Å²) in [6, 6.07) is 19.7. The molecule has 7 nitrogen and oxygen atoms in total. The molecule has 4 rings (SSSR count). The molecule has 7 heteroatoms. The van der Waals surface area contributed by atoms with E-state index < -0.39 is 0 Å². The second-order valence-electron chi connectivity index (χ2n) is 7.69. The Morgan fingerprint density at radius 3 is 2.58 bits per heavy atom. The van der Waals surface area contributed by atoms with Crippen LogP contribution in [-0.2, 0) is 24.3 Å². The number of likely N-dealkylation sites (tertiary alicyclic amines) is 1. The van der Waals surface area contributed by atoms with Gasteiger partial charge in [0.1, 0.15) is 6.04 Å². The third-order valence-electron chi connectivity index (χ3n) is 5.40. The number of rotatable bonds is 8. The first kappa shape index (κ1) is 21.1. The van der Waals surface area contributed by atoms with E-state index in [9.17, 15) is 4.79 Å². The molecule has 1 aliphatic rings. The zero-order chi connectivity index (χ0) is 21.3. The molecular weight excluding hydrogens is 392 g/mol. The van der Waals surface area contributed by atoms with Gasteiger partial charge < -0.3 is 19.5 Å². The maximum absolute atomic E-state index is 12.8. The Morgan fingerprint density at radius 2 is 1.81 bits per heavy atom. The Hall–Kier alpha value is -3.19. The highest BCUT2D eigenvalue weighted by Gasteiger charge is 2.32. The van der Waals surface area contributed by atoms with Crippen molar-refractivity contribution in [2.75, 3.05) is 13.2 Å².